The Morgan fingerprint density at radius 1 is 0.758 bits per heavy atom. The summed E-state index contributed by atoms with van der Waals surface area (Å²) < 4.78 is 0.333. The smallest absolute Gasteiger partial charge is 0.365 e. The lowest BCUT2D eigenvalue weighted by Gasteiger charge is -2.43. The molecule has 0 bridgehead atoms. The summed E-state index contributed by atoms with van der Waals surface area (Å²) in [6.45, 7) is 8.43. The van der Waals surface area contributed by atoms with Gasteiger partial charge in [-0.25, -0.2) is 4.79 Å². The Balaban J connectivity index is 3.78. The average molecular weight is 470 g/mol. The Kier molecular flexibility index (Phi) is 17.6. The fourth-order valence-corrected chi connectivity index (χ4v) is 4.27. The van der Waals surface area contributed by atoms with Gasteiger partial charge in [-0.1, -0.05) is 104 Å². The van der Waals surface area contributed by atoms with Gasteiger partial charge in [-0.3, -0.25) is 4.79 Å². The number of carboxylic acids is 1. The molecule has 0 fully saturated rings. The lowest BCUT2D eigenvalue weighted by Crippen LogP contribution is -2.64. The van der Waals surface area contributed by atoms with Gasteiger partial charge < -0.3 is 14.9 Å². The fourth-order valence-electron chi connectivity index (χ4n) is 4.27. The number of carbonyl (C=O) groups is 2. The first-order valence-electron chi connectivity index (χ1n) is 13.9. The molecule has 0 aliphatic carbocycles. The van der Waals surface area contributed by atoms with E-state index in [1.165, 1.54) is 83.5 Å². The number of aliphatic carboxylic acids is 1. The molecular weight excluding hydrogens is 412 g/mol. The molecule has 1 atom stereocenters. The number of quaternary nitrogens is 1. The molecule has 0 rings (SSSR count). The van der Waals surface area contributed by atoms with E-state index in [1.807, 2.05) is 21.0 Å². The maximum atomic E-state index is 12.4. The molecule has 5 nitrogen and oxygen atoms in total. The molecular formula is C28H57N2O3+. The lowest BCUT2D eigenvalue weighted by atomic mass is 9.99. The maximum Gasteiger partial charge on any atom is 0.365 e. The molecule has 1 unspecified atom stereocenters. The third-order valence-corrected chi connectivity index (χ3v) is 7.58. The van der Waals surface area contributed by atoms with Crippen LogP contribution in [0, 0.1) is 0 Å². The van der Waals surface area contributed by atoms with Crippen LogP contribution in [0.1, 0.15) is 137 Å². The molecule has 0 saturated heterocycles. The first-order chi connectivity index (χ1) is 15.6. The van der Waals surface area contributed by atoms with Crippen LogP contribution in [0.5, 0.6) is 0 Å². The second kappa shape index (κ2) is 18.3. The zero-order valence-corrected chi connectivity index (χ0v) is 23.0. The number of nitrogens with zero attached hydrogens (tertiary/aromatic N) is 1. The normalized spacial score (nSPS) is 13.2. The van der Waals surface area contributed by atoms with Crippen LogP contribution < -0.4 is 5.32 Å². The first-order valence-corrected chi connectivity index (χ1v) is 13.9. The minimum Gasteiger partial charge on any atom is -0.477 e. The van der Waals surface area contributed by atoms with Gasteiger partial charge >= 0.3 is 5.97 Å². The summed E-state index contributed by atoms with van der Waals surface area (Å²) in [5, 5.41) is 12.7. The minimum atomic E-state index is -0.896. The Hall–Kier alpha value is -1.10. The third-order valence-electron chi connectivity index (χ3n) is 7.58. The summed E-state index contributed by atoms with van der Waals surface area (Å²) in [5.41, 5.74) is -0.896. The molecule has 0 spiro atoms. The number of hydrogen-bond acceptors (Lipinski definition) is 2. The van der Waals surface area contributed by atoms with Crippen molar-refractivity contribution in [1.29, 1.82) is 0 Å². The van der Waals surface area contributed by atoms with Gasteiger partial charge in [0.25, 0.3) is 0 Å². The summed E-state index contributed by atoms with van der Waals surface area (Å²) >= 11 is 0. The van der Waals surface area contributed by atoms with E-state index < -0.39 is 11.5 Å². The number of likely N-dealkylation sites (N-methyl/N-ethyl adjacent to an activating group) is 1. The van der Waals surface area contributed by atoms with Crippen molar-refractivity contribution in [3.05, 3.63) is 0 Å². The zero-order valence-electron chi connectivity index (χ0n) is 23.0. The lowest BCUT2D eigenvalue weighted by molar-refractivity contribution is -0.929. The Labute approximate surface area is 205 Å². The van der Waals surface area contributed by atoms with E-state index in [2.05, 4.69) is 12.2 Å². The number of amides is 1. The van der Waals surface area contributed by atoms with Crippen LogP contribution >= 0.6 is 0 Å². The summed E-state index contributed by atoms with van der Waals surface area (Å²) in [6, 6.07) is 0.00228. The monoisotopic (exact) mass is 469 g/mol. The van der Waals surface area contributed by atoms with Gasteiger partial charge in [-0.2, -0.15) is 0 Å². The van der Waals surface area contributed by atoms with E-state index in [0.717, 1.165) is 19.3 Å². The Morgan fingerprint density at radius 3 is 1.52 bits per heavy atom. The molecule has 2 N–H and O–H groups in total. The second-order valence-corrected chi connectivity index (χ2v) is 11.1. The van der Waals surface area contributed by atoms with E-state index in [9.17, 15) is 14.7 Å². The van der Waals surface area contributed by atoms with Crippen LogP contribution in [0.4, 0.5) is 0 Å². The molecule has 33 heavy (non-hydrogen) atoms. The van der Waals surface area contributed by atoms with Gasteiger partial charge in [0.05, 0.1) is 26.7 Å². The summed E-state index contributed by atoms with van der Waals surface area (Å²) in [5.74, 6) is -0.712. The van der Waals surface area contributed by atoms with E-state index in [1.54, 1.807) is 13.8 Å². The molecule has 0 aliphatic rings. The average Bonchev–Trinajstić information content (AvgIpc) is 2.75. The zero-order chi connectivity index (χ0) is 25.2. The molecule has 1 amide bonds. The van der Waals surface area contributed by atoms with Gasteiger partial charge in [0, 0.05) is 20.3 Å². The van der Waals surface area contributed by atoms with Gasteiger partial charge in [-0.05, 0) is 12.8 Å². The van der Waals surface area contributed by atoms with Crippen molar-refractivity contribution in [2.45, 2.75) is 148 Å². The maximum absolute atomic E-state index is 12.4. The minimum absolute atomic E-state index is 0.00228. The first kappa shape index (κ1) is 31.9. The number of hydrogen-bond donors (Lipinski definition) is 2. The molecule has 0 heterocycles. The molecule has 0 aromatic carbocycles. The third kappa shape index (κ3) is 14.7. The molecule has 0 aromatic heterocycles. The van der Waals surface area contributed by atoms with Crippen molar-refractivity contribution in [2.24, 2.45) is 0 Å². The van der Waals surface area contributed by atoms with Gasteiger partial charge in [-0.15, -0.1) is 0 Å². The largest absolute Gasteiger partial charge is 0.477 e. The van der Waals surface area contributed by atoms with Gasteiger partial charge in [0.2, 0.25) is 5.91 Å². The Bertz CT molecular complexity index is 517. The quantitative estimate of drug-likeness (QED) is 0.131. The molecule has 196 valence electrons. The SMILES string of the molecule is CCCCCCCCCCCCCCCCCC(=O)NC(CC)C[N+](C)(C)C(C)(C)C(=O)O. The highest BCUT2D eigenvalue weighted by atomic mass is 16.4. The number of nitrogens with one attached hydrogen (secondary N) is 1. The highest BCUT2D eigenvalue weighted by molar-refractivity contribution is 5.76. The molecule has 0 radical (unpaired) electrons. The topological polar surface area (TPSA) is 66.4 Å². The molecule has 0 aromatic rings. The van der Waals surface area contributed by atoms with E-state index in [0.29, 0.717) is 17.4 Å². The summed E-state index contributed by atoms with van der Waals surface area (Å²) in [4.78, 5) is 24.0. The van der Waals surface area contributed by atoms with Gasteiger partial charge in [0.1, 0.15) is 0 Å². The van der Waals surface area contributed by atoms with Crippen LogP contribution in [-0.2, 0) is 9.59 Å². The molecule has 0 aliphatic heterocycles. The van der Waals surface area contributed by atoms with Crippen LogP contribution in [0.15, 0.2) is 0 Å². The van der Waals surface area contributed by atoms with Crippen LogP contribution in [0.3, 0.4) is 0 Å². The fraction of sp³-hybridized carbons (Fsp3) is 0.929. The number of rotatable bonds is 22. The highest BCUT2D eigenvalue weighted by Crippen LogP contribution is 2.22. The van der Waals surface area contributed by atoms with Crippen molar-refractivity contribution in [3.63, 3.8) is 0 Å². The van der Waals surface area contributed by atoms with E-state index >= 15 is 0 Å². The van der Waals surface area contributed by atoms with Crippen molar-refractivity contribution < 1.29 is 19.2 Å². The predicted molar refractivity (Wildman–Crippen MR) is 140 cm³/mol. The van der Waals surface area contributed by atoms with Crippen molar-refractivity contribution in [3.8, 4) is 0 Å². The van der Waals surface area contributed by atoms with Crippen molar-refractivity contribution >= 4 is 11.9 Å². The van der Waals surface area contributed by atoms with Crippen LogP contribution in [-0.4, -0.2) is 53.7 Å². The summed E-state index contributed by atoms with van der Waals surface area (Å²) in [6.07, 6.45) is 21.2. The van der Waals surface area contributed by atoms with Crippen molar-refractivity contribution in [2.75, 3.05) is 20.6 Å². The number of carboxylic acid groups (broad SMARTS) is 1. The van der Waals surface area contributed by atoms with Crippen molar-refractivity contribution in [1.82, 2.24) is 5.32 Å². The number of carbonyl (C=O) groups excluding carboxylic acids is 1. The molecule has 0 saturated carbocycles. The Morgan fingerprint density at radius 2 is 1.15 bits per heavy atom. The van der Waals surface area contributed by atoms with E-state index in [4.69, 9.17) is 0 Å². The van der Waals surface area contributed by atoms with Crippen LogP contribution in [0.2, 0.25) is 0 Å². The molecule has 5 heteroatoms. The van der Waals surface area contributed by atoms with E-state index in [-0.39, 0.29) is 11.9 Å². The highest BCUT2D eigenvalue weighted by Gasteiger charge is 2.44. The van der Waals surface area contributed by atoms with Crippen LogP contribution in [0.25, 0.3) is 0 Å². The van der Waals surface area contributed by atoms with Gasteiger partial charge in [0.15, 0.2) is 5.54 Å². The number of unbranched alkanes of at least 4 members (excludes halogenated alkanes) is 14. The predicted octanol–water partition coefficient (Wildman–Crippen LogP) is 7.08. The standard InChI is InChI=1S/C28H56N2O3/c1-7-9-10-11-12-13-14-15-16-17-18-19-20-21-22-23-26(31)29-25(8-2)24-30(5,6)28(3,4)27(32)33/h25H,7-24H2,1-6H3,(H-,29,31,32,33)/p+1. The summed E-state index contributed by atoms with van der Waals surface area (Å²) in [7, 11) is 3.86. The second-order valence-electron chi connectivity index (χ2n) is 11.1.